The van der Waals surface area contributed by atoms with Gasteiger partial charge in [0.2, 0.25) is 5.91 Å². The molecule has 6 nitrogen and oxygen atoms in total. The van der Waals surface area contributed by atoms with E-state index in [9.17, 15) is 27.6 Å². The van der Waals surface area contributed by atoms with Crippen LogP contribution in [0.4, 0.5) is 23.7 Å². The first-order chi connectivity index (χ1) is 13.9. The molecule has 1 fully saturated rings. The van der Waals surface area contributed by atoms with Gasteiger partial charge in [0.1, 0.15) is 12.1 Å². The van der Waals surface area contributed by atoms with Crippen molar-refractivity contribution in [2.75, 3.05) is 11.9 Å². The third-order valence-corrected chi connectivity index (χ3v) is 5.14. The predicted molar refractivity (Wildman–Crippen MR) is 104 cm³/mol. The number of halogens is 5. The fourth-order valence-electron chi connectivity index (χ4n) is 2.98. The first kappa shape index (κ1) is 21.9. The summed E-state index contributed by atoms with van der Waals surface area (Å²) >= 11 is 11.4. The van der Waals surface area contributed by atoms with Crippen molar-refractivity contribution < 1.29 is 27.6 Å². The fraction of sp³-hybridized carbons (Fsp3) is 0.211. The minimum Gasteiger partial charge on any atom is -0.325 e. The molecule has 0 saturated carbocycles. The number of nitrogens with one attached hydrogen (secondary N) is 2. The molecule has 11 heteroatoms. The second-order valence-electron chi connectivity index (χ2n) is 6.69. The Balaban J connectivity index is 1.75. The van der Waals surface area contributed by atoms with E-state index < -0.39 is 46.7 Å². The molecular formula is C19H14Cl2F3N3O3. The van der Waals surface area contributed by atoms with Crippen molar-refractivity contribution >= 4 is 46.7 Å². The van der Waals surface area contributed by atoms with Gasteiger partial charge in [0, 0.05) is 10.7 Å². The van der Waals surface area contributed by atoms with Gasteiger partial charge in [-0.3, -0.25) is 14.5 Å². The third kappa shape index (κ3) is 4.22. The average molecular weight is 460 g/mol. The van der Waals surface area contributed by atoms with Crippen LogP contribution < -0.4 is 10.6 Å². The number of rotatable bonds is 4. The van der Waals surface area contributed by atoms with E-state index in [1.165, 1.54) is 13.0 Å². The van der Waals surface area contributed by atoms with Gasteiger partial charge < -0.3 is 10.6 Å². The number of urea groups is 1. The number of imide groups is 1. The summed E-state index contributed by atoms with van der Waals surface area (Å²) in [4.78, 5) is 38.1. The SMILES string of the molecule is C[C@@]1(c2ccc(Cl)cc2)NC(=O)N(CC(=O)Nc2ccc(Cl)c(C(F)(F)F)c2)C1=O. The predicted octanol–water partition coefficient (Wildman–Crippen LogP) is 4.42. The highest BCUT2D eigenvalue weighted by atomic mass is 35.5. The van der Waals surface area contributed by atoms with Crippen molar-refractivity contribution in [1.82, 2.24) is 10.2 Å². The van der Waals surface area contributed by atoms with Crippen molar-refractivity contribution in [3.63, 3.8) is 0 Å². The van der Waals surface area contributed by atoms with Gasteiger partial charge in [-0.1, -0.05) is 35.3 Å². The summed E-state index contributed by atoms with van der Waals surface area (Å²) in [6.45, 7) is 0.793. The highest BCUT2D eigenvalue weighted by molar-refractivity contribution is 6.31. The number of amides is 4. The molecule has 3 rings (SSSR count). The van der Waals surface area contributed by atoms with Crippen molar-refractivity contribution in [3.05, 3.63) is 63.6 Å². The quantitative estimate of drug-likeness (QED) is 0.664. The van der Waals surface area contributed by atoms with Gasteiger partial charge in [0.15, 0.2) is 0 Å². The molecule has 0 spiro atoms. The number of hydrogen-bond acceptors (Lipinski definition) is 3. The summed E-state index contributed by atoms with van der Waals surface area (Å²) in [6.07, 6.45) is -4.71. The highest BCUT2D eigenvalue weighted by Crippen LogP contribution is 2.36. The average Bonchev–Trinajstić information content (AvgIpc) is 2.87. The monoisotopic (exact) mass is 459 g/mol. The van der Waals surface area contributed by atoms with Gasteiger partial charge in [0.25, 0.3) is 5.91 Å². The molecule has 2 aromatic rings. The lowest BCUT2D eigenvalue weighted by atomic mass is 9.92. The van der Waals surface area contributed by atoms with Crippen LogP contribution in [0.5, 0.6) is 0 Å². The molecule has 1 saturated heterocycles. The van der Waals surface area contributed by atoms with E-state index in [1.807, 2.05) is 0 Å². The topological polar surface area (TPSA) is 78.5 Å². The van der Waals surface area contributed by atoms with Crippen LogP contribution in [-0.2, 0) is 21.3 Å². The Morgan fingerprint density at radius 1 is 1.13 bits per heavy atom. The molecule has 0 aromatic heterocycles. The summed E-state index contributed by atoms with van der Waals surface area (Å²) in [5.74, 6) is -1.54. The van der Waals surface area contributed by atoms with Gasteiger partial charge in [-0.05, 0) is 42.8 Å². The van der Waals surface area contributed by atoms with Gasteiger partial charge in [-0.2, -0.15) is 13.2 Å². The van der Waals surface area contributed by atoms with Crippen LogP contribution in [0.2, 0.25) is 10.0 Å². The van der Waals surface area contributed by atoms with E-state index in [0.29, 0.717) is 21.6 Å². The molecule has 1 heterocycles. The zero-order valence-electron chi connectivity index (χ0n) is 15.3. The first-order valence-electron chi connectivity index (χ1n) is 8.48. The van der Waals surface area contributed by atoms with Crippen LogP contribution >= 0.6 is 23.2 Å². The maximum Gasteiger partial charge on any atom is 0.417 e. The Kier molecular flexibility index (Phi) is 5.70. The molecule has 2 aromatic carbocycles. The fourth-order valence-corrected chi connectivity index (χ4v) is 3.33. The molecule has 1 aliphatic rings. The van der Waals surface area contributed by atoms with E-state index in [0.717, 1.165) is 6.07 Å². The summed E-state index contributed by atoms with van der Waals surface area (Å²) in [7, 11) is 0. The second kappa shape index (κ2) is 7.81. The van der Waals surface area contributed by atoms with Gasteiger partial charge in [-0.25, -0.2) is 4.79 Å². The third-order valence-electron chi connectivity index (χ3n) is 4.55. The van der Waals surface area contributed by atoms with E-state index in [4.69, 9.17) is 23.2 Å². The van der Waals surface area contributed by atoms with Gasteiger partial charge in [-0.15, -0.1) is 0 Å². The van der Waals surface area contributed by atoms with Crippen LogP contribution in [0.3, 0.4) is 0 Å². The first-order valence-corrected chi connectivity index (χ1v) is 9.24. The minimum absolute atomic E-state index is 0.177. The van der Waals surface area contributed by atoms with Crippen molar-refractivity contribution in [2.24, 2.45) is 0 Å². The Labute approximate surface area is 178 Å². The molecule has 1 aliphatic heterocycles. The van der Waals surface area contributed by atoms with Crippen LogP contribution in [0.1, 0.15) is 18.1 Å². The molecule has 0 radical (unpaired) electrons. The largest absolute Gasteiger partial charge is 0.417 e. The van der Waals surface area contributed by atoms with Crippen LogP contribution in [0, 0.1) is 0 Å². The Bertz CT molecular complexity index is 1030. The lowest BCUT2D eigenvalue weighted by molar-refractivity contribution is -0.137. The van der Waals surface area contributed by atoms with E-state index >= 15 is 0 Å². The van der Waals surface area contributed by atoms with Crippen molar-refractivity contribution in [3.8, 4) is 0 Å². The number of hydrogen-bond donors (Lipinski definition) is 2. The maximum atomic E-state index is 13.0. The van der Waals surface area contributed by atoms with Gasteiger partial charge >= 0.3 is 12.2 Å². The molecule has 0 unspecified atom stereocenters. The Morgan fingerprint density at radius 2 is 1.77 bits per heavy atom. The minimum atomic E-state index is -4.71. The highest BCUT2D eigenvalue weighted by Gasteiger charge is 2.49. The molecule has 4 amide bonds. The normalized spacial score (nSPS) is 19.1. The zero-order chi connectivity index (χ0) is 22.3. The Hall–Kier alpha value is -2.78. The molecule has 30 heavy (non-hydrogen) atoms. The number of benzene rings is 2. The van der Waals surface area contributed by atoms with E-state index in [1.54, 1.807) is 24.3 Å². The van der Waals surface area contributed by atoms with Crippen LogP contribution in [-0.4, -0.2) is 29.3 Å². The standard InChI is InChI=1S/C19H14Cl2F3N3O3/c1-18(10-2-4-11(20)5-3-10)16(29)27(17(30)26-18)9-15(28)25-12-6-7-14(21)13(8-12)19(22,23)24/h2-8H,9H2,1H3,(H,25,28)(H,26,30)/t18-/m0/s1. The molecular weight excluding hydrogens is 446 g/mol. The van der Waals surface area contributed by atoms with Crippen LogP contribution in [0.15, 0.2) is 42.5 Å². The van der Waals surface area contributed by atoms with Gasteiger partial charge in [0.05, 0.1) is 10.6 Å². The molecule has 0 bridgehead atoms. The second-order valence-corrected chi connectivity index (χ2v) is 7.54. The lowest BCUT2D eigenvalue weighted by Crippen LogP contribution is -2.42. The number of anilines is 1. The van der Waals surface area contributed by atoms with E-state index in [-0.39, 0.29) is 5.69 Å². The number of carbonyl (C=O) groups is 3. The van der Waals surface area contributed by atoms with E-state index in [2.05, 4.69) is 10.6 Å². The summed E-state index contributed by atoms with van der Waals surface area (Å²) in [5.41, 5.74) is -2.25. The number of nitrogens with zero attached hydrogens (tertiary/aromatic N) is 1. The molecule has 0 aliphatic carbocycles. The lowest BCUT2D eigenvalue weighted by Gasteiger charge is -2.22. The summed E-state index contributed by atoms with van der Waals surface area (Å²) < 4.78 is 38.9. The molecule has 2 N–H and O–H groups in total. The summed E-state index contributed by atoms with van der Waals surface area (Å²) in [5, 5.41) is 4.68. The van der Waals surface area contributed by atoms with Crippen molar-refractivity contribution in [1.29, 1.82) is 0 Å². The number of alkyl halides is 3. The van der Waals surface area contributed by atoms with Crippen molar-refractivity contribution in [2.45, 2.75) is 18.6 Å². The smallest absolute Gasteiger partial charge is 0.325 e. The maximum absolute atomic E-state index is 13.0. The Morgan fingerprint density at radius 3 is 2.37 bits per heavy atom. The number of carbonyl (C=O) groups excluding carboxylic acids is 3. The summed E-state index contributed by atoms with van der Waals surface area (Å²) in [6, 6.07) is 8.27. The molecule has 158 valence electrons. The zero-order valence-corrected chi connectivity index (χ0v) is 16.8. The molecule has 1 atom stereocenters. The van der Waals surface area contributed by atoms with Crippen LogP contribution in [0.25, 0.3) is 0 Å².